The van der Waals surface area contributed by atoms with E-state index in [1.807, 2.05) is 0 Å². The zero-order valence-corrected chi connectivity index (χ0v) is 10.3. The SMILES string of the molecule is O=C(NCC(=O)N1CCC1)c1c(F)cccc1Cl. The Labute approximate surface area is 109 Å². The van der Waals surface area contributed by atoms with Gasteiger partial charge in [-0.3, -0.25) is 9.59 Å². The lowest BCUT2D eigenvalue weighted by Gasteiger charge is -2.30. The summed E-state index contributed by atoms with van der Waals surface area (Å²) in [6.45, 7) is 1.30. The van der Waals surface area contributed by atoms with Gasteiger partial charge < -0.3 is 10.2 Å². The molecule has 1 N–H and O–H groups in total. The molecule has 0 saturated carbocycles. The van der Waals surface area contributed by atoms with E-state index in [0.717, 1.165) is 25.6 Å². The number of benzene rings is 1. The summed E-state index contributed by atoms with van der Waals surface area (Å²) in [6, 6.07) is 3.99. The van der Waals surface area contributed by atoms with Crippen LogP contribution in [0, 0.1) is 5.82 Å². The molecule has 1 heterocycles. The molecule has 1 aromatic rings. The Balaban J connectivity index is 1.97. The highest BCUT2D eigenvalue weighted by atomic mass is 35.5. The van der Waals surface area contributed by atoms with Crippen LogP contribution in [-0.2, 0) is 4.79 Å². The predicted octanol–water partition coefficient (Wildman–Crippen LogP) is 1.44. The Kier molecular flexibility index (Phi) is 3.81. The van der Waals surface area contributed by atoms with Gasteiger partial charge in [-0.1, -0.05) is 17.7 Å². The fourth-order valence-corrected chi connectivity index (χ4v) is 1.89. The predicted molar refractivity (Wildman–Crippen MR) is 64.9 cm³/mol. The van der Waals surface area contributed by atoms with Gasteiger partial charge in [-0.2, -0.15) is 0 Å². The number of likely N-dealkylation sites (tertiary alicyclic amines) is 1. The molecule has 1 fully saturated rings. The van der Waals surface area contributed by atoms with Crippen molar-refractivity contribution in [3.8, 4) is 0 Å². The lowest BCUT2D eigenvalue weighted by molar-refractivity contribution is -0.133. The van der Waals surface area contributed by atoms with E-state index in [0.29, 0.717) is 0 Å². The van der Waals surface area contributed by atoms with Crippen molar-refractivity contribution in [2.75, 3.05) is 19.6 Å². The summed E-state index contributed by atoms with van der Waals surface area (Å²) < 4.78 is 13.4. The molecule has 1 aromatic carbocycles. The van der Waals surface area contributed by atoms with E-state index in [-0.39, 0.29) is 23.0 Å². The van der Waals surface area contributed by atoms with E-state index in [9.17, 15) is 14.0 Å². The number of amides is 2. The van der Waals surface area contributed by atoms with Gasteiger partial charge in [0.25, 0.3) is 5.91 Å². The first-order valence-electron chi connectivity index (χ1n) is 5.59. The van der Waals surface area contributed by atoms with Crippen LogP contribution in [0.25, 0.3) is 0 Å². The number of halogens is 2. The first kappa shape index (κ1) is 12.8. The Morgan fingerprint density at radius 1 is 1.39 bits per heavy atom. The summed E-state index contributed by atoms with van der Waals surface area (Å²) in [6.07, 6.45) is 0.985. The summed E-state index contributed by atoms with van der Waals surface area (Å²) in [4.78, 5) is 24.9. The number of carbonyl (C=O) groups excluding carboxylic acids is 2. The van der Waals surface area contributed by atoms with E-state index < -0.39 is 11.7 Å². The molecule has 6 heteroatoms. The molecular formula is C12H12ClFN2O2. The van der Waals surface area contributed by atoms with Crippen LogP contribution in [0.2, 0.25) is 5.02 Å². The fourth-order valence-electron chi connectivity index (χ4n) is 1.64. The molecule has 18 heavy (non-hydrogen) atoms. The third-order valence-corrected chi connectivity index (χ3v) is 3.11. The van der Waals surface area contributed by atoms with Crippen molar-refractivity contribution in [2.45, 2.75) is 6.42 Å². The summed E-state index contributed by atoms with van der Waals surface area (Å²) in [7, 11) is 0. The number of carbonyl (C=O) groups is 2. The van der Waals surface area contributed by atoms with E-state index in [4.69, 9.17) is 11.6 Å². The largest absolute Gasteiger partial charge is 0.343 e. The maximum absolute atomic E-state index is 13.4. The van der Waals surface area contributed by atoms with E-state index in [1.54, 1.807) is 4.90 Å². The molecule has 2 rings (SSSR count). The second-order valence-electron chi connectivity index (χ2n) is 4.01. The minimum atomic E-state index is -0.698. The van der Waals surface area contributed by atoms with Crippen molar-refractivity contribution in [3.05, 3.63) is 34.6 Å². The molecule has 1 aliphatic heterocycles. The number of nitrogens with zero attached hydrogens (tertiary/aromatic N) is 1. The van der Waals surface area contributed by atoms with Gasteiger partial charge in [0, 0.05) is 13.1 Å². The minimum Gasteiger partial charge on any atom is -0.343 e. The van der Waals surface area contributed by atoms with Crippen molar-refractivity contribution in [2.24, 2.45) is 0 Å². The van der Waals surface area contributed by atoms with Gasteiger partial charge in [0.2, 0.25) is 5.91 Å². The van der Waals surface area contributed by atoms with Gasteiger partial charge in [0.1, 0.15) is 5.82 Å². The van der Waals surface area contributed by atoms with Crippen LogP contribution in [0.5, 0.6) is 0 Å². The van der Waals surface area contributed by atoms with Crippen molar-refractivity contribution in [1.29, 1.82) is 0 Å². The topological polar surface area (TPSA) is 49.4 Å². The second kappa shape index (κ2) is 5.35. The molecule has 0 radical (unpaired) electrons. The zero-order chi connectivity index (χ0) is 13.1. The van der Waals surface area contributed by atoms with Crippen LogP contribution in [0.4, 0.5) is 4.39 Å². The Hall–Kier alpha value is -1.62. The zero-order valence-electron chi connectivity index (χ0n) is 9.58. The van der Waals surface area contributed by atoms with E-state index >= 15 is 0 Å². The lowest BCUT2D eigenvalue weighted by atomic mass is 10.2. The lowest BCUT2D eigenvalue weighted by Crippen LogP contribution is -2.47. The average molecular weight is 271 g/mol. The van der Waals surface area contributed by atoms with Gasteiger partial charge in [0.15, 0.2) is 0 Å². The van der Waals surface area contributed by atoms with Gasteiger partial charge in [-0.05, 0) is 18.6 Å². The number of nitrogens with one attached hydrogen (secondary N) is 1. The molecule has 0 aliphatic carbocycles. The summed E-state index contributed by atoms with van der Waals surface area (Å²) in [5.41, 5.74) is -0.226. The third-order valence-electron chi connectivity index (χ3n) is 2.80. The molecule has 1 saturated heterocycles. The van der Waals surface area contributed by atoms with Crippen molar-refractivity contribution in [1.82, 2.24) is 10.2 Å². The standard InChI is InChI=1S/C12H12ClFN2O2/c13-8-3-1-4-9(14)11(8)12(18)15-7-10(17)16-5-2-6-16/h1,3-4H,2,5-7H2,(H,15,18). The van der Waals surface area contributed by atoms with Crippen LogP contribution in [0.3, 0.4) is 0 Å². The quantitative estimate of drug-likeness (QED) is 0.904. The monoisotopic (exact) mass is 270 g/mol. The third kappa shape index (κ3) is 2.61. The summed E-state index contributed by atoms with van der Waals surface area (Å²) >= 11 is 5.74. The molecule has 0 unspecified atom stereocenters. The van der Waals surface area contributed by atoms with Crippen LogP contribution in [-0.4, -0.2) is 36.3 Å². The van der Waals surface area contributed by atoms with E-state index in [1.165, 1.54) is 12.1 Å². The molecule has 0 bridgehead atoms. The summed E-state index contributed by atoms with van der Waals surface area (Å²) in [5, 5.41) is 2.41. The normalized spacial score (nSPS) is 14.0. The van der Waals surface area contributed by atoms with Crippen LogP contribution >= 0.6 is 11.6 Å². The van der Waals surface area contributed by atoms with Crippen molar-refractivity contribution < 1.29 is 14.0 Å². The average Bonchev–Trinajstić information content (AvgIpc) is 2.23. The first-order valence-corrected chi connectivity index (χ1v) is 5.97. The summed E-state index contributed by atoms with van der Waals surface area (Å²) in [5.74, 6) is -1.54. The Morgan fingerprint density at radius 2 is 2.11 bits per heavy atom. The highest BCUT2D eigenvalue weighted by Crippen LogP contribution is 2.18. The first-order chi connectivity index (χ1) is 8.59. The fraction of sp³-hybridized carbons (Fsp3) is 0.333. The molecule has 4 nitrogen and oxygen atoms in total. The van der Waals surface area contributed by atoms with E-state index in [2.05, 4.69) is 5.32 Å². The van der Waals surface area contributed by atoms with Crippen molar-refractivity contribution >= 4 is 23.4 Å². The highest BCUT2D eigenvalue weighted by Gasteiger charge is 2.21. The molecule has 96 valence electrons. The highest BCUT2D eigenvalue weighted by molar-refractivity contribution is 6.33. The number of hydrogen-bond donors (Lipinski definition) is 1. The van der Waals surface area contributed by atoms with Gasteiger partial charge >= 0.3 is 0 Å². The molecule has 0 atom stereocenters. The van der Waals surface area contributed by atoms with Crippen LogP contribution < -0.4 is 5.32 Å². The van der Waals surface area contributed by atoms with Gasteiger partial charge in [0.05, 0.1) is 17.1 Å². The molecular weight excluding hydrogens is 259 g/mol. The van der Waals surface area contributed by atoms with Gasteiger partial charge in [-0.15, -0.1) is 0 Å². The molecule has 1 aliphatic rings. The van der Waals surface area contributed by atoms with Crippen LogP contribution in [0.1, 0.15) is 16.8 Å². The smallest absolute Gasteiger partial charge is 0.256 e. The molecule has 0 aromatic heterocycles. The van der Waals surface area contributed by atoms with Gasteiger partial charge in [-0.25, -0.2) is 4.39 Å². The Morgan fingerprint density at radius 3 is 2.67 bits per heavy atom. The molecule has 0 spiro atoms. The number of hydrogen-bond acceptors (Lipinski definition) is 2. The maximum Gasteiger partial charge on any atom is 0.256 e. The van der Waals surface area contributed by atoms with Crippen LogP contribution in [0.15, 0.2) is 18.2 Å². The van der Waals surface area contributed by atoms with Crippen molar-refractivity contribution in [3.63, 3.8) is 0 Å². The second-order valence-corrected chi connectivity index (χ2v) is 4.42. The minimum absolute atomic E-state index is 0.0314. The number of rotatable bonds is 3. The Bertz CT molecular complexity index is 469. The maximum atomic E-state index is 13.4. The molecule has 2 amide bonds.